The number of rotatable bonds is 3. The molecule has 2 nitrogen and oxygen atoms in total. The Labute approximate surface area is 121 Å². The molecule has 1 aliphatic carbocycles. The highest BCUT2D eigenvalue weighted by atomic mass is 35.5. The van der Waals surface area contributed by atoms with Gasteiger partial charge < -0.3 is 0 Å². The molecule has 1 aliphatic rings. The van der Waals surface area contributed by atoms with Crippen LogP contribution in [-0.2, 0) is 19.4 Å². The molecule has 3 rings (SSSR count). The van der Waals surface area contributed by atoms with Crippen molar-refractivity contribution in [2.45, 2.75) is 24.9 Å². The molecule has 0 bridgehead atoms. The summed E-state index contributed by atoms with van der Waals surface area (Å²) >= 11 is 7.73. The molecular formula is C15H13ClN2S. The zero-order valence-corrected chi connectivity index (χ0v) is 11.9. The van der Waals surface area contributed by atoms with E-state index in [2.05, 4.69) is 22.8 Å². The lowest BCUT2D eigenvalue weighted by Gasteiger charge is -2.21. The van der Waals surface area contributed by atoms with Crippen LogP contribution in [0.15, 0.2) is 35.7 Å². The molecule has 1 aromatic carbocycles. The quantitative estimate of drug-likeness (QED) is 0.937. The van der Waals surface area contributed by atoms with Crippen molar-refractivity contribution in [3.63, 3.8) is 0 Å². The van der Waals surface area contributed by atoms with Gasteiger partial charge in [0, 0.05) is 29.3 Å². The van der Waals surface area contributed by atoms with Gasteiger partial charge in [-0.2, -0.15) is 5.26 Å². The van der Waals surface area contributed by atoms with E-state index in [9.17, 15) is 5.26 Å². The summed E-state index contributed by atoms with van der Waals surface area (Å²) in [5.41, 5.74) is 1.93. The molecule has 0 saturated carbocycles. The highest BCUT2D eigenvalue weighted by Crippen LogP contribution is 2.32. The van der Waals surface area contributed by atoms with Crippen LogP contribution in [0.2, 0.25) is 5.02 Å². The number of benzene rings is 1. The van der Waals surface area contributed by atoms with Gasteiger partial charge in [-0.1, -0.05) is 23.7 Å². The lowest BCUT2D eigenvalue weighted by atomic mass is 9.98. The molecule has 2 aromatic rings. The van der Waals surface area contributed by atoms with Crippen molar-refractivity contribution in [1.29, 1.82) is 5.26 Å². The maximum absolute atomic E-state index is 9.54. The molecule has 0 radical (unpaired) electrons. The zero-order chi connectivity index (χ0) is 13.3. The predicted molar refractivity (Wildman–Crippen MR) is 78.4 cm³/mol. The average molecular weight is 289 g/mol. The van der Waals surface area contributed by atoms with Crippen LogP contribution in [-0.4, -0.2) is 5.54 Å². The molecule has 1 heterocycles. The molecule has 0 fully saturated rings. The molecule has 0 spiro atoms. The van der Waals surface area contributed by atoms with Crippen molar-refractivity contribution in [3.05, 3.63) is 56.7 Å². The fourth-order valence-electron chi connectivity index (χ4n) is 2.56. The summed E-state index contributed by atoms with van der Waals surface area (Å²) in [6.45, 7) is 0.743. The molecular weight excluding hydrogens is 276 g/mol. The summed E-state index contributed by atoms with van der Waals surface area (Å²) in [6.07, 6.45) is 1.48. The first kappa shape index (κ1) is 12.7. The van der Waals surface area contributed by atoms with Gasteiger partial charge in [0.15, 0.2) is 0 Å². The van der Waals surface area contributed by atoms with E-state index < -0.39 is 5.54 Å². The molecule has 1 aromatic heterocycles. The molecule has 96 valence electrons. The Morgan fingerprint density at radius 2 is 2.16 bits per heavy atom. The van der Waals surface area contributed by atoms with Crippen LogP contribution in [0.1, 0.15) is 16.0 Å². The number of fused-ring (bicyclic) bond motifs is 1. The van der Waals surface area contributed by atoms with Gasteiger partial charge in [-0.05, 0) is 34.7 Å². The van der Waals surface area contributed by atoms with Crippen LogP contribution in [0.5, 0.6) is 0 Å². The number of halogens is 1. The van der Waals surface area contributed by atoms with E-state index in [4.69, 9.17) is 11.6 Å². The number of hydrogen-bond donors (Lipinski definition) is 1. The summed E-state index contributed by atoms with van der Waals surface area (Å²) in [5.74, 6) is 0. The van der Waals surface area contributed by atoms with Crippen molar-refractivity contribution in [1.82, 2.24) is 5.32 Å². The van der Waals surface area contributed by atoms with E-state index in [1.165, 1.54) is 16.0 Å². The third-order valence-corrected chi connectivity index (χ3v) is 4.66. The maximum atomic E-state index is 9.54. The standard InChI is InChI=1S/C15H13ClN2S/c16-13-4-3-11-7-15(10-17,8-12(11)6-13)18-9-14-2-1-5-19-14/h1-6,18H,7-9H2. The van der Waals surface area contributed by atoms with Crippen molar-refractivity contribution in [2.24, 2.45) is 0 Å². The van der Waals surface area contributed by atoms with Gasteiger partial charge in [0.2, 0.25) is 0 Å². The summed E-state index contributed by atoms with van der Waals surface area (Å²) in [6, 6.07) is 12.5. The van der Waals surface area contributed by atoms with Gasteiger partial charge in [0.05, 0.1) is 6.07 Å². The molecule has 19 heavy (non-hydrogen) atoms. The van der Waals surface area contributed by atoms with Gasteiger partial charge in [0.1, 0.15) is 5.54 Å². The van der Waals surface area contributed by atoms with E-state index in [1.54, 1.807) is 11.3 Å². The Balaban J connectivity index is 1.78. The minimum Gasteiger partial charge on any atom is -0.294 e. The summed E-state index contributed by atoms with van der Waals surface area (Å²) in [7, 11) is 0. The summed E-state index contributed by atoms with van der Waals surface area (Å²) in [5, 5.41) is 15.8. The van der Waals surface area contributed by atoms with Crippen LogP contribution in [0, 0.1) is 11.3 Å². The molecule has 0 aliphatic heterocycles. The van der Waals surface area contributed by atoms with E-state index >= 15 is 0 Å². The fourth-order valence-corrected chi connectivity index (χ4v) is 3.40. The number of nitrogens with zero attached hydrogens (tertiary/aromatic N) is 1. The minimum atomic E-state index is -0.489. The largest absolute Gasteiger partial charge is 0.294 e. The number of hydrogen-bond acceptors (Lipinski definition) is 3. The van der Waals surface area contributed by atoms with Gasteiger partial charge in [0.25, 0.3) is 0 Å². The second-order valence-corrected chi connectivity index (χ2v) is 6.36. The zero-order valence-electron chi connectivity index (χ0n) is 10.3. The SMILES string of the molecule is N#CC1(NCc2cccs2)Cc2ccc(Cl)cc2C1. The van der Waals surface area contributed by atoms with E-state index in [0.717, 1.165) is 24.4 Å². The topological polar surface area (TPSA) is 35.8 Å². The van der Waals surface area contributed by atoms with Gasteiger partial charge in [-0.15, -0.1) is 11.3 Å². The third-order valence-electron chi connectivity index (χ3n) is 3.55. The van der Waals surface area contributed by atoms with E-state index in [0.29, 0.717) is 0 Å². The van der Waals surface area contributed by atoms with Gasteiger partial charge in [-0.3, -0.25) is 5.32 Å². The number of nitriles is 1. The first-order chi connectivity index (χ1) is 9.21. The Morgan fingerprint density at radius 1 is 1.32 bits per heavy atom. The van der Waals surface area contributed by atoms with Crippen LogP contribution in [0.25, 0.3) is 0 Å². The van der Waals surface area contributed by atoms with E-state index in [1.807, 2.05) is 24.3 Å². The fraction of sp³-hybridized carbons (Fsp3) is 0.267. The lowest BCUT2D eigenvalue weighted by Crippen LogP contribution is -2.44. The van der Waals surface area contributed by atoms with Crippen LogP contribution < -0.4 is 5.32 Å². The Bertz CT molecular complexity index is 630. The van der Waals surface area contributed by atoms with Crippen LogP contribution in [0.4, 0.5) is 0 Å². The first-order valence-electron chi connectivity index (χ1n) is 6.17. The molecule has 4 heteroatoms. The Hall–Kier alpha value is -1.34. The molecule has 1 unspecified atom stereocenters. The first-order valence-corrected chi connectivity index (χ1v) is 7.42. The maximum Gasteiger partial charge on any atom is 0.115 e. The summed E-state index contributed by atoms with van der Waals surface area (Å²) in [4.78, 5) is 1.25. The van der Waals surface area contributed by atoms with Crippen molar-refractivity contribution in [2.75, 3.05) is 0 Å². The molecule has 0 amide bonds. The van der Waals surface area contributed by atoms with Gasteiger partial charge >= 0.3 is 0 Å². The van der Waals surface area contributed by atoms with Crippen molar-refractivity contribution < 1.29 is 0 Å². The normalized spacial score (nSPS) is 21.1. The van der Waals surface area contributed by atoms with E-state index in [-0.39, 0.29) is 0 Å². The van der Waals surface area contributed by atoms with Crippen molar-refractivity contribution in [3.8, 4) is 6.07 Å². The predicted octanol–water partition coefficient (Wildman–Crippen LogP) is 3.55. The minimum absolute atomic E-state index is 0.489. The lowest BCUT2D eigenvalue weighted by molar-refractivity contribution is 0.431. The van der Waals surface area contributed by atoms with Crippen LogP contribution in [0.3, 0.4) is 0 Å². The second kappa shape index (κ2) is 4.97. The van der Waals surface area contributed by atoms with Crippen LogP contribution >= 0.6 is 22.9 Å². The monoisotopic (exact) mass is 288 g/mol. The summed E-state index contributed by atoms with van der Waals surface area (Å²) < 4.78 is 0. The molecule has 1 atom stereocenters. The number of nitrogens with one attached hydrogen (secondary N) is 1. The highest BCUT2D eigenvalue weighted by molar-refractivity contribution is 7.09. The smallest absolute Gasteiger partial charge is 0.115 e. The van der Waals surface area contributed by atoms with Gasteiger partial charge in [-0.25, -0.2) is 0 Å². The van der Waals surface area contributed by atoms with Crippen molar-refractivity contribution >= 4 is 22.9 Å². The Morgan fingerprint density at radius 3 is 2.89 bits per heavy atom. The molecule has 0 saturated heterocycles. The Kier molecular flexibility index (Phi) is 3.32. The third kappa shape index (κ3) is 2.52. The highest BCUT2D eigenvalue weighted by Gasteiger charge is 2.37. The number of thiophene rings is 1. The molecule has 1 N–H and O–H groups in total. The second-order valence-electron chi connectivity index (χ2n) is 4.89. The average Bonchev–Trinajstić information content (AvgIpc) is 3.03.